The number of benzene rings is 1. The van der Waals surface area contributed by atoms with Crippen LogP contribution in [0.4, 0.5) is 0 Å². The van der Waals surface area contributed by atoms with E-state index in [1.165, 1.54) is 0 Å². The van der Waals surface area contributed by atoms with Crippen molar-refractivity contribution in [3.8, 4) is 0 Å². The summed E-state index contributed by atoms with van der Waals surface area (Å²) in [7, 11) is 0. The van der Waals surface area contributed by atoms with Crippen LogP contribution >= 0.6 is 11.8 Å². The lowest BCUT2D eigenvalue weighted by Gasteiger charge is -2.00. The molecule has 0 fully saturated rings. The Hall–Kier alpha value is -0.990. The fourth-order valence-corrected chi connectivity index (χ4v) is 1.69. The van der Waals surface area contributed by atoms with Gasteiger partial charge in [-0.1, -0.05) is 42.6 Å². The third-order valence-electron chi connectivity index (χ3n) is 1.47. The maximum atomic E-state index is 8.71. The second kappa shape index (κ2) is 5.62. The molecule has 0 aliphatic rings. The quantitative estimate of drug-likeness (QED) is 0.584. The smallest absolute Gasteiger partial charge is 0.0626 e. The van der Waals surface area contributed by atoms with Crippen LogP contribution in [-0.4, -0.2) is 11.7 Å². The monoisotopic (exact) mass is 192 g/mol. The number of allylic oxidation sites excluding steroid dienone is 1. The molecule has 0 amide bonds. The molecule has 0 saturated heterocycles. The molecule has 1 nitrogen and oxygen atoms in total. The van der Waals surface area contributed by atoms with E-state index in [2.05, 4.69) is 6.58 Å². The van der Waals surface area contributed by atoms with Crippen molar-refractivity contribution in [2.24, 2.45) is 0 Å². The van der Waals surface area contributed by atoms with Gasteiger partial charge in [-0.25, -0.2) is 0 Å². The normalized spacial score (nSPS) is 11.3. The maximum Gasteiger partial charge on any atom is 0.0626 e. The number of rotatable bonds is 4. The minimum Gasteiger partial charge on any atom is -0.392 e. The average molecular weight is 192 g/mol. The molecule has 1 N–H and O–H groups in total. The molecule has 68 valence electrons. The van der Waals surface area contributed by atoms with Gasteiger partial charge in [-0.3, -0.25) is 0 Å². The molecule has 13 heavy (non-hydrogen) atoms. The highest BCUT2D eigenvalue weighted by molar-refractivity contribution is 8.03. The largest absolute Gasteiger partial charge is 0.392 e. The molecule has 0 atom stereocenters. The first-order valence-electron chi connectivity index (χ1n) is 4.03. The third-order valence-corrected chi connectivity index (χ3v) is 2.55. The summed E-state index contributed by atoms with van der Waals surface area (Å²) in [4.78, 5) is 2.14. The Morgan fingerprint density at radius 1 is 1.38 bits per heavy atom. The molecule has 0 unspecified atom stereocenters. The second-order valence-electron chi connectivity index (χ2n) is 2.41. The maximum absolute atomic E-state index is 8.71. The number of hydrogen-bond donors (Lipinski definition) is 1. The van der Waals surface area contributed by atoms with Crippen molar-refractivity contribution in [2.45, 2.75) is 4.90 Å². The summed E-state index contributed by atoms with van der Waals surface area (Å²) in [5, 5.41) is 8.71. The van der Waals surface area contributed by atoms with E-state index in [4.69, 9.17) is 5.11 Å². The van der Waals surface area contributed by atoms with Gasteiger partial charge in [0, 0.05) is 9.80 Å². The van der Waals surface area contributed by atoms with E-state index < -0.39 is 0 Å². The summed E-state index contributed by atoms with van der Waals surface area (Å²) in [6.45, 7) is 3.73. The van der Waals surface area contributed by atoms with Gasteiger partial charge in [0.2, 0.25) is 0 Å². The molecule has 0 aromatic heterocycles. The Bertz CT molecular complexity index is 290. The highest BCUT2D eigenvalue weighted by Gasteiger charge is 1.94. The Kier molecular flexibility index (Phi) is 4.36. The van der Waals surface area contributed by atoms with Crippen molar-refractivity contribution in [3.05, 3.63) is 54.0 Å². The van der Waals surface area contributed by atoms with Crippen LogP contribution in [0.25, 0.3) is 0 Å². The first kappa shape index (κ1) is 10.1. The van der Waals surface area contributed by atoms with Gasteiger partial charge in [0.05, 0.1) is 6.61 Å². The zero-order valence-electron chi connectivity index (χ0n) is 7.31. The van der Waals surface area contributed by atoms with Gasteiger partial charge in [0.25, 0.3) is 0 Å². The molecule has 0 bridgehead atoms. The van der Waals surface area contributed by atoms with Crippen molar-refractivity contribution in [1.29, 1.82) is 0 Å². The van der Waals surface area contributed by atoms with Gasteiger partial charge in [-0.15, -0.1) is 0 Å². The lowest BCUT2D eigenvalue weighted by Crippen LogP contribution is -1.77. The topological polar surface area (TPSA) is 20.2 Å². The van der Waals surface area contributed by atoms with E-state index in [-0.39, 0.29) is 6.61 Å². The molecule has 0 spiro atoms. The average Bonchev–Trinajstić information content (AvgIpc) is 2.19. The summed E-state index contributed by atoms with van der Waals surface area (Å²) >= 11 is 1.60. The Labute approximate surface area is 82.8 Å². The van der Waals surface area contributed by atoms with Gasteiger partial charge in [0.1, 0.15) is 0 Å². The first-order valence-corrected chi connectivity index (χ1v) is 4.85. The van der Waals surface area contributed by atoms with Crippen molar-refractivity contribution in [2.75, 3.05) is 6.61 Å². The number of hydrogen-bond acceptors (Lipinski definition) is 2. The Morgan fingerprint density at radius 3 is 2.62 bits per heavy atom. The van der Waals surface area contributed by atoms with Gasteiger partial charge in [-0.2, -0.15) is 0 Å². The van der Waals surface area contributed by atoms with Crippen LogP contribution in [0.5, 0.6) is 0 Å². The lowest BCUT2D eigenvalue weighted by molar-refractivity contribution is 0.342. The van der Waals surface area contributed by atoms with Gasteiger partial charge >= 0.3 is 0 Å². The third kappa shape index (κ3) is 3.49. The molecule has 1 rings (SSSR count). The SMILES string of the molecule is C=C/C(=C/CO)Sc1ccccc1. The molecule has 0 aliphatic heterocycles. The Morgan fingerprint density at radius 2 is 2.08 bits per heavy atom. The fraction of sp³-hybridized carbons (Fsp3) is 0.0909. The molecule has 0 aliphatic carbocycles. The van der Waals surface area contributed by atoms with Gasteiger partial charge in [-0.05, 0) is 18.2 Å². The predicted molar refractivity (Wildman–Crippen MR) is 57.7 cm³/mol. The van der Waals surface area contributed by atoms with Crippen LogP contribution in [0.3, 0.4) is 0 Å². The summed E-state index contributed by atoms with van der Waals surface area (Å²) in [6, 6.07) is 10.0. The molecule has 0 radical (unpaired) electrons. The molecular weight excluding hydrogens is 180 g/mol. The van der Waals surface area contributed by atoms with Crippen LogP contribution in [0.2, 0.25) is 0 Å². The van der Waals surface area contributed by atoms with E-state index in [0.717, 1.165) is 9.80 Å². The fourth-order valence-electron chi connectivity index (χ4n) is 0.881. The van der Waals surface area contributed by atoms with E-state index in [0.29, 0.717) is 0 Å². The molecule has 0 heterocycles. The molecular formula is C11H12OS. The zero-order valence-corrected chi connectivity index (χ0v) is 8.13. The van der Waals surface area contributed by atoms with Crippen LogP contribution in [0.1, 0.15) is 0 Å². The predicted octanol–water partition coefficient (Wildman–Crippen LogP) is 2.84. The van der Waals surface area contributed by atoms with Crippen LogP contribution in [0, 0.1) is 0 Å². The lowest BCUT2D eigenvalue weighted by atomic mass is 10.4. The molecule has 1 aromatic rings. The summed E-state index contributed by atoms with van der Waals surface area (Å²) in [6.07, 6.45) is 3.48. The van der Waals surface area contributed by atoms with E-state index in [1.54, 1.807) is 23.9 Å². The van der Waals surface area contributed by atoms with Crippen molar-refractivity contribution < 1.29 is 5.11 Å². The van der Waals surface area contributed by atoms with E-state index >= 15 is 0 Å². The standard InChI is InChI=1S/C11H12OS/c1-2-10(8-9-12)13-11-6-4-3-5-7-11/h2-8,12H,1,9H2/b10-8-. The number of thioether (sulfide) groups is 1. The van der Waals surface area contributed by atoms with Crippen LogP contribution in [-0.2, 0) is 0 Å². The minimum absolute atomic E-state index is 0.0567. The molecule has 2 heteroatoms. The second-order valence-corrected chi connectivity index (χ2v) is 3.56. The highest BCUT2D eigenvalue weighted by atomic mass is 32.2. The van der Waals surface area contributed by atoms with E-state index in [1.807, 2.05) is 30.3 Å². The molecule has 0 saturated carbocycles. The highest BCUT2D eigenvalue weighted by Crippen LogP contribution is 2.26. The number of aliphatic hydroxyl groups is 1. The Balaban J connectivity index is 2.68. The zero-order chi connectivity index (χ0) is 9.52. The van der Waals surface area contributed by atoms with Crippen LogP contribution in [0.15, 0.2) is 58.9 Å². The van der Waals surface area contributed by atoms with Crippen LogP contribution < -0.4 is 0 Å². The summed E-state index contributed by atoms with van der Waals surface area (Å²) in [5.74, 6) is 0. The summed E-state index contributed by atoms with van der Waals surface area (Å²) in [5.41, 5.74) is 0. The summed E-state index contributed by atoms with van der Waals surface area (Å²) < 4.78 is 0. The van der Waals surface area contributed by atoms with Gasteiger partial charge in [0.15, 0.2) is 0 Å². The van der Waals surface area contributed by atoms with Crippen molar-refractivity contribution in [1.82, 2.24) is 0 Å². The first-order chi connectivity index (χ1) is 6.36. The van der Waals surface area contributed by atoms with Gasteiger partial charge < -0.3 is 5.11 Å². The van der Waals surface area contributed by atoms with E-state index in [9.17, 15) is 0 Å². The minimum atomic E-state index is 0.0567. The van der Waals surface area contributed by atoms with Crippen molar-refractivity contribution in [3.63, 3.8) is 0 Å². The van der Waals surface area contributed by atoms with Crippen molar-refractivity contribution >= 4 is 11.8 Å². The number of aliphatic hydroxyl groups excluding tert-OH is 1. The molecule has 1 aromatic carbocycles.